The number of halogens is 1. The summed E-state index contributed by atoms with van der Waals surface area (Å²) in [6.07, 6.45) is -0.0815. The molecule has 66 valence electrons. The van der Waals surface area contributed by atoms with Gasteiger partial charge in [-0.3, -0.25) is 0 Å². The van der Waals surface area contributed by atoms with Crippen molar-refractivity contribution < 1.29 is 4.39 Å². The van der Waals surface area contributed by atoms with Gasteiger partial charge in [0.2, 0.25) is 0 Å². The van der Waals surface area contributed by atoms with Gasteiger partial charge in [-0.2, -0.15) is 0 Å². The third-order valence-electron chi connectivity index (χ3n) is 1.93. The minimum Gasteiger partial charge on any atom is -0.327 e. The molecule has 1 rings (SSSR count). The fourth-order valence-electron chi connectivity index (χ4n) is 1.14. The van der Waals surface area contributed by atoms with Crippen molar-refractivity contribution in [2.45, 2.75) is 19.5 Å². The van der Waals surface area contributed by atoms with E-state index < -0.39 is 6.17 Å². The highest BCUT2D eigenvalue weighted by atomic mass is 19.1. The van der Waals surface area contributed by atoms with Crippen molar-refractivity contribution in [3.05, 3.63) is 35.4 Å². The molecule has 0 aliphatic carbocycles. The SMILES string of the molecule is CCc1cccc(C(F)CN)c1. The minimum absolute atomic E-state index is 0.0627. The summed E-state index contributed by atoms with van der Waals surface area (Å²) in [6.45, 7) is 2.11. The summed E-state index contributed by atoms with van der Waals surface area (Å²) in [4.78, 5) is 0. The molecule has 0 spiro atoms. The quantitative estimate of drug-likeness (QED) is 0.734. The Labute approximate surface area is 72.4 Å². The zero-order valence-corrected chi connectivity index (χ0v) is 7.26. The number of hydrogen-bond donors (Lipinski definition) is 1. The molecule has 0 saturated heterocycles. The molecule has 1 unspecified atom stereocenters. The molecular formula is C10H14FN. The molecule has 1 atom stereocenters. The number of nitrogens with two attached hydrogens (primary N) is 1. The van der Waals surface area contributed by atoms with Gasteiger partial charge in [-0.15, -0.1) is 0 Å². The summed E-state index contributed by atoms with van der Waals surface area (Å²) >= 11 is 0. The van der Waals surface area contributed by atoms with Crippen LogP contribution in [0.25, 0.3) is 0 Å². The van der Waals surface area contributed by atoms with E-state index in [0.717, 1.165) is 12.0 Å². The first-order valence-electron chi connectivity index (χ1n) is 4.21. The molecule has 1 aromatic rings. The van der Waals surface area contributed by atoms with E-state index in [1.807, 2.05) is 18.2 Å². The highest BCUT2D eigenvalue weighted by Gasteiger charge is 2.06. The summed E-state index contributed by atoms with van der Waals surface area (Å²) in [5.41, 5.74) is 7.07. The van der Waals surface area contributed by atoms with Crippen molar-refractivity contribution in [1.29, 1.82) is 0 Å². The predicted molar refractivity (Wildman–Crippen MR) is 48.7 cm³/mol. The smallest absolute Gasteiger partial charge is 0.137 e. The summed E-state index contributed by atoms with van der Waals surface area (Å²) in [7, 11) is 0. The Bertz CT molecular complexity index is 247. The van der Waals surface area contributed by atoms with E-state index in [2.05, 4.69) is 6.92 Å². The van der Waals surface area contributed by atoms with Crippen molar-refractivity contribution in [2.75, 3.05) is 6.54 Å². The standard InChI is InChI=1S/C10H14FN/c1-2-8-4-3-5-9(6-8)10(11)7-12/h3-6,10H,2,7,12H2,1H3. The molecule has 0 amide bonds. The zero-order valence-electron chi connectivity index (χ0n) is 7.26. The molecule has 0 aliphatic heterocycles. The lowest BCUT2D eigenvalue weighted by molar-refractivity contribution is 0.352. The third kappa shape index (κ3) is 2.05. The number of hydrogen-bond acceptors (Lipinski definition) is 1. The van der Waals surface area contributed by atoms with Gasteiger partial charge in [-0.1, -0.05) is 31.2 Å². The maximum atomic E-state index is 13.1. The van der Waals surface area contributed by atoms with Crippen LogP contribution >= 0.6 is 0 Å². The van der Waals surface area contributed by atoms with Crippen LogP contribution in [0.5, 0.6) is 0 Å². The summed E-state index contributed by atoms with van der Waals surface area (Å²) < 4.78 is 13.1. The fourth-order valence-corrected chi connectivity index (χ4v) is 1.14. The van der Waals surface area contributed by atoms with E-state index in [4.69, 9.17) is 5.73 Å². The maximum absolute atomic E-state index is 13.1. The van der Waals surface area contributed by atoms with Gasteiger partial charge in [-0.25, -0.2) is 4.39 Å². The van der Waals surface area contributed by atoms with Crippen LogP contribution in [-0.2, 0) is 6.42 Å². The molecule has 0 bridgehead atoms. The van der Waals surface area contributed by atoms with E-state index in [-0.39, 0.29) is 6.54 Å². The second-order valence-corrected chi connectivity index (χ2v) is 2.80. The van der Waals surface area contributed by atoms with E-state index in [1.165, 1.54) is 0 Å². The lowest BCUT2D eigenvalue weighted by Crippen LogP contribution is -2.07. The van der Waals surface area contributed by atoms with Crippen LogP contribution in [-0.4, -0.2) is 6.54 Å². The van der Waals surface area contributed by atoms with Gasteiger partial charge >= 0.3 is 0 Å². The monoisotopic (exact) mass is 167 g/mol. The molecule has 2 N–H and O–H groups in total. The van der Waals surface area contributed by atoms with Crippen molar-refractivity contribution in [3.63, 3.8) is 0 Å². The predicted octanol–water partition coefficient (Wildman–Crippen LogP) is 2.22. The first-order valence-corrected chi connectivity index (χ1v) is 4.21. The van der Waals surface area contributed by atoms with E-state index in [1.54, 1.807) is 6.07 Å². The Morgan fingerprint density at radius 3 is 2.83 bits per heavy atom. The molecule has 0 heterocycles. The van der Waals surface area contributed by atoms with Gasteiger partial charge in [-0.05, 0) is 17.5 Å². The average Bonchev–Trinajstić information content (AvgIpc) is 2.17. The van der Waals surface area contributed by atoms with Crippen LogP contribution < -0.4 is 5.73 Å². The molecule has 1 aromatic carbocycles. The van der Waals surface area contributed by atoms with Crippen LogP contribution in [0.3, 0.4) is 0 Å². The number of benzene rings is 1. The topological polar surface area (TPSA) is 26.0 Å². The molecule has 0 radical (unpaired) electrons. The lowest BCUT2D eigenvalue weighted by atomic mass is 10.1. The van der Waals surface area contributed by atoms with Crippen LogP contribution in [0.15, 0.2) is 24.3 Å². The molecule has 0 aromatic heterocycles. The minimum atomic E-state index is -1.02. The van der Waals surface area contributed by atoms with Gasteiger partial charge in [0.15, 0.2) is 0 Å². The van der Waals surface area contributed by atoms with Gasteiger partial charge in [0.25, 0.3) is 0 Å². The summed E-state index contributed by atoms with van der Waals surface area (Å²) in [5, 5.41) is 0. The first-order chi connectivity index (χ1) is 5.77. The Kier molecular flexibility index (Phi) is 3.23. The average molecular weight is 167 g/mol. The molecular weight excluding hydrogens is 153 g/mol. The van der Waals surface area contributed by atoms with E-state index in [9.17, 15) is 4.39 Å². The van der Waals surface area contributed by atoms with Gasteiger partial charge in [0.1, 0.15) is 6.17 Å². The largest absolute Gasteiger partial charge is 0.327 e. The van der Waals surface area contributed by atoms with Crippen LogP contribution in [0, 0.1) is 0 Å². The molecule has 0 fully saturated rings. The third-order valence-corrected chi connectivity index (χ3v) is 1.93. The zero-order chi connectivity index (χ0) is 8.97. The summed E-state index contributed by atoms with van der Waals surface area (Å²) in [5.74, 6) is 0. The Hall–Kier alpha value is -0.890. The fraction of sp³-hybridized carbons (Fsp3) is 0.400. The second kappa shape index (κ2) is 4.21. The number of alkyl halides is 1. The van der Waals surface area contributed by atoms with Crippen LogP contribution in [0.1, 0.15) is 24.2 Å². The van der Waals surface area contributed by atoms with Crippen molar-refractivity contribution in [3.8, 4) is 0 Å². The molecule has 1 nitrogen and oxygen atoms in total. The molecule has 12 heavy (non-hydrogen) atoms. The number of rotatable bonds is 3. The molecule has 0 aliphatic rings. The highest BCUT2D eigenvalue weighted by molar-refractivity contribution is 5.25. The highest BCUT2D eigenvalue weighted by Crippen LogP contribution is 2.17. The van der Waals surface area contributed by atoms with Gasteiger partial charge in [0, 0.05) is 6.54 Å². The van der Waals surface area contributed by atoms with E-state index >= 15 is 0 Å². The Balaban J connectivity index is 2.86. The van der Waals surface area contributed by atoms with Crippen LogP contribution in [0.4, 0.5) is 4.39 Å². The molecule has 0 saturated carbocycles. The Morgan fingerprint density at radius 2 is 2.25 bits per heavy atom. The second-order valence-electron chi connectivity index (χ2n) is 2.80. The Morgan fingerprint density at radius 1 is 1.50 bits per heavy atom. The summed E-state index contributed by atoms with van der Waals surface area (Å²) in [6, 6.07) is 7.51. The van der Waals surface area contributed by atoms with Gasteiger partial charge < -0.3 is 5.73 Å². The number of aryl methyl sites for hydroxylation is 1. The van der Waals surface area contributed by atoms with Crippen LogP contribution in [0.2, 0.25) is 0 Å². The lowest BCUT2D eigenvalue weighted by Gasteiger charge is -2.06. The van der Waals surface area contributed by atoms with Crippen molar-refractivity contribution >= 4 is 0 Å². The molecule has 2 heteroatoms. The maximum Gasteiger partial charge on any atom is 0.137 e. The van der Waals surface area contributed by atoms with Gasteiger partial charge in [0.05, 0.1) is 0 Å². The first kappa shape index (κ1) is 9.20. The van der Waals surface area contributed by atoms with E-state index in [0.29, 0.717) is 5.56 Å². The normalized spacial score (nSPS) is 12.9. The van der Waals surface area contributed by atoms with Crippen molar-refractivity contribution in [2.24, 2.45) is 5.73 Å². The van der Waals surface area contributed by atoms with Crippen molar-refractivity contribution in [1.82, 2.24) is 0 Å².